The minimum absolute atomic E-state index is 0.140. The number of carbonyl (C=O) groups is 2. The number of nitrogens with zero attached hydrogens (tertiary/aromatic N) is 3. The molecule has 0 radical (unpaired) electrons. The Morgan fingerprint density at radius 3 is 2.61 bits per heavy atom. The predicted octanol–water partition coefficient (Wildman–Crippen LogP) is 1.76. The molecule has 1 unspecified atom stereocenters. The smallest absolute Gasteiger partial charge is 0.308 e. The fourth-order valence-electron chi connectivity index (χ4n) is 2.05. The van der Waals surface area contributed by atoms with Crippen molar-refractivity contribution in [2.75, 3.05) is 5.32 Å². The molecule has 8 heteroatoms. The van der Waals surface area contributed by atoms with Crippen molar-refractivity contribution < 1.29 is 18.8 Å². The Bertz CT molecular complexity index is 704. The quantitative estimate of drug-likeness (QED) is 0.814. The number of esters is 1. The van der Waals surface area contributed by atoms with Gasteiger partial charge < -0.3 is 9.26 Å². The average molecular weight is 320 g/mol. The van der Waals surface area contributed by atoms with Gasteiger partial charge in [-0.05, 0) is 33.8 Å². The van der Waals surface area contributed by atoms with Gasteiger partial charge in [-0.3, -0.25) is 19.6 Å². The van der Waals surface area contributed by atoms with E-state index in [1.54, 1.807) is 17.7 Å². The van der Waals surface area contributed by atoms with Gasteiger partial charge >= 0.3 is 5.97 Å². The zero-order valence-electron chi connectivity index (χ0n) is 13.6. The highest BCUT2D eigenvalue weighted by Gasteiger charge is 2.19. The molecule has 0 aliphatic heterocycles. The van der Waals surface area contributed by atoms with E-state index in [1.165, 1.54) is 6.92 Å². The SMILES string of the molecule is Cc1cc(NC(=O)C(C)OC(=O)CCn2nc(C)cc2C)on1. The molecule has 0 aromatic carbocycles. The molecular weight excluding hydrogens is 300 g/mol. The van der Waals surface area contributed by atoms with E-state index in [0.717, 1.165) is 11.4 Å². The number of hydrogen-bond donors (Lipinski definition) is 1. The summed E-state index contributed by atoms with van der Waals surface area (Å²) in [7, 11) is 0. The molecule has 0 saturated heterocycles. The second kappa shape index (κ2) is 7.08. The molecule has 2 aromatic rings. The lowest BCUT2D eigenvalue weighted by atomic mass is 10.3. The van der Waals surface area contributed by atoms with E-state index < -0.39 is 18.0 Å². The molecule has 124 valence electrons. The standard InChI is InChI=1S/C15H20N4O4/c1-9-7-11(3)19(17-9)6-5-14(20)22-12(4)15(21)16-13-8-10(2)18-23-13/h7-8,12H,5-6H2,1-4H3,(H,16,21). The van der Waals surface area contributed by atoms with Gasteiger partial charge in [0.05, 0.1) is 24.4 Å². The van der Waals surface area contributed by atoms with Crippen LogP contribution in [0.15, 0.2) is 16.7 Å². The van der Waals surface area contributed by atoms with Crippen LogP contribution in [0.3, 0.4) is 0 Å². The fraction of sp³-hybridized carbons (Fsp3) is 0.467. The Morgan fingerprint density at radius 1 is 1.30 bits per heavy atom. The average Bonchev–Trinajstić information content (AvgIpc) is 3.01. The van der Waals surface area contributed by atoms with Crippen LogP contribution in [0.2, 0.25) is 0 Å². The van der Waals surface area contributed by atoms with Crippen LogP contribution in [-0.2, 0) is 20.9 Å². The Balaban J connectivity index is 1.79. The van der Waals surface area contributed by atoms with E-state index in [1.807, 2.05) is 19.9 Å². The van der Waals surface area contributed by atoms with E-state index in [0.29, 0.717) is 12.2 Å². The van der Waals surface area contributed by atoms with Crippen molar-refractivity contribution in [3.63, 3.8) is 0 Å². The first-order valence-corrected chi connectivity index (χ1v) is 7.30. The topological polar surface area (TPSA) is 99.2 Å². The van der Waals surface area contributed by atoms with Crippen LogP contribution >= 0.6 is 0 Å². The maximum atomic E-state index is 11.9. The van der Waals surface area contributed by atoms with Gasteiger partial charge in [0.1, 0.15) is 0 Å². The van der Waals surface area contributed by atoms with Crippen LogP contribution in [0.5, 0.6) is 0 Å². The molecule has 8 nitrogen and oxygen atoms in total. The monoisotopic (exact) mass is 320 g/mol. The molecule has 2 aromatic heterocycles. The Kier molecular flexibility index (Phi) is 5.15. The fourth-order valence-corrected chi connectivity index (χ4v) is 2.05. The summed E-state index contributed by atoms with van der Waals surface area (Å²) in [6, 6.07) is 3.51. The molecule has 23 heavy (non-hydrogen) atoms. The number of hydrogen-bond acceptors (Lipinski definition) is 6. The molecule has 0 aliphatic carbocycles. The van der Waals surface area contributed by atoms with Crippen molar-refractivity contribution >= 4 is 17.8 Å². The maximum absolute atomic E-state index is 11.9. The number of amides is 1. The van der Waals surface area contributed by atoms with Gasteiger partial charge in [0.25, 0.3) is 5.91 Å². The third kappa shape index (κ3) is 4.67. The molecule has 2 heterocycles. The minimum Gasteiger partial charge on any atom is -0.452 e. The van der Waals surface area contributed by atoms with Gasteiger partial charge in [0.15, 0.2) is 6.10 Å². The second-order valence-corrected chi connectivity index (χ2v) is 5.35. The summed E-state index contributed by atoms with van der Waals surface area (Å²) in [6.45, 7) is 7.45. The third-order valence-electron chi connectivity index (χ3n) is 3.18. The van der Waals surface area contributed by atoms with Crippen LogP contribution in [0.1, 0.15) is 30.4 Å². The van der Waals surface area contributed by atoms with Gasteiger partial charge in [0, 0.05) is 11.8 Å². The van der Waals surface area contributed by atoms with Gasteiger partial charge in [-0.15, -0.1) is 0 Å². The van der Waals surface area contributed by atoms with Crippen LogP contribution in [0, 0.1) is 20.8 Å². The first-order chi connectivity index (χ1) is 10.8. The summed E-state index contributed by atoms with van der Waals surface area (Å²) in [5, 5.41) is 10.4. The molecule has 1 atom stereocenters. The van der Waals surface area contributed by atoms with Gasteiger partial charge in [-0.25, -0.2) is 0 Å². The Labute approximate surface area is 133 Å². The zero-order chi connectivity index (χ0) is 17.0. The number of aryl methyl sites for hydroxylation is 4. The summed E-state index contributed by atoms with van der Waals surface area (Å²) in [4.78, 5) is 23.7. The number of nitrogens with one attached hydrogen (secondary N) is 1. The van der Waals surface area contributed by atoms with Crippen molar-refractivity contribution in [1.82, 2.24) is 14.9 Å². The Morgan fingerprint density at radius 2 is 2.04 bits per heavy atom. The van der Waals surface area contributed by atoms with Crippen molar-refractivity contribution in [3.8, 4) is 0 Å². The van der Waals surface area contributed by atoms with Gasteiger partial charge in [-0.2, -0.15) is 5.10 Å². The number of ether oxygens (including phenoxy) is 1. The van der Waals surface area contributed by atoms with E-state index in [2.05, 4.69) is 15.6 Å². The molecule has 1 amide bonds. The summed E-state index contributed by atoms with van der Waals surface area (Å²) in [6.07, 6.45) is -0.783. The van der Waals surface area contributed by atoms with Crippen LogP contribution in [-0.4, -0.2) is 32.9 Å². The van der Waals surface area contributed by atoms with Crippen LogP contribution in [0.4, 0.5) is 5.88 Å². The zero-order valence-corrected chi connectivity index (χ0v) is 13.6. The first-order valence-electron chi connectivity index (χ1n) is 7.30. The maximum Gasteiger partial charge on any atom is 0.308 e. The van der Waals surface area contributed by atoms with Gasteiger partial charge in [-0.1, -0.05) is 5.16 Å². The van der Waals surface area contributed by atoms with Crippen molar-refractivity contribution in [1.29, 1.82) is 0 Å². The van der Waals surface area contributed by atoms with Crippen LogP contribution < -0.4 is 5.32 Å². The number of anilines is 1. The summed E-state index contributed by atoms with van der Waals surface area (Å²) in [5.74, 6) is -0.715. The normalized spacial score (nSPS) is 12.0. The number of rotatable bonds is 6. The Hall–Kier alpha value is -2.64. The van der Waals surface area contributed by atoms with E-state index in [9.17, 15) is 9.59 Å². The van der Waals surface area contributed by atoms with E-state index >= 15 is 0 Å². The molecule has 0 aliphatic rings. The molecule has 0 saturated carbocycles. The largest absolute Gasteiger partial charge is 0.452 e. The van der Waals surface area contributed by atoms with Crippen molar-refractivity contribution in [3.05, 3.63) is 29.2 Å². The summed E-state index contributed by atoms with van der Waals surface area (Å²) >= 11 is 0. The van der Waals surface area contributed by atoms with E-state index in [-0.39, 0.29) is 12.3 Å². The molecule has 2 rings (SSSR count). The highest BCUT2D eigenvalue weighted by atomic mass is 16.5. The molecule has 1 N–H and O–H groups in total. The van der Waals surface area contributed by atoms with Crippen molar-refractivity contribution in [2.45, 2.75) is 46.8 Å². The third-order valence-corrected chi connectivity index (χ3v) is 3.18. The lowest BCUT2D eigenvalue weighted by Crippen LogP contribution is -2.30. The van der Waals surface area contributed by atoms with E-state index in [4.69, 9.17) is 9.26 Å². The second-order valence-electron chi connectivity index (χ2n) is 5.35. The highest BCUT2D eigenvalue weighted by molar-refractivity contribution is 5.93. The molecule has 0 fully saturated rings. The first kappa shape index (κ1) is 16.7. The highest BCUT2D eigenvalue weighted by Crippen LogP contribution is 2.10. The lowest BCUT2D eigenvalue weighted by Gasteiger charge is -2.12. The number of carbonyl (C=O) groups excluding carboxylic acids is 2. The molecule has 0 bridgehead atoms. The van der Waals surface area contributed by atoms with Crippen LogP contribution in [0.25, 0.3) is 0 Å². The summed E-state index contributed by atoms with van der Waals surface area (Å²) < 4.78 is 11.7. The predicted molar refractivity (Wildman–Crippen MR) is 81.7 cm³/mol. The molecular formula is C15H20N4O4. The molecule has 0 spiro atoms. The lowest BCUT2D eigenvalue weighted by molar-refractivity contribution is -0.153. The van der Waals surface area contributed by atoms with Crippen molar-refractivity contribution in [2.24, 2.45) is 0 Å². The number of aromatic nitrogens is 3. The van der Waals surface area contributed by atoms with Gasteiger partial charge in [0.2, 0.25) is 5.88 Å². The summed E-state index contributed by atoms with van der Waals surface area (Å²) in [5.41, 5.74) is 2.52. The minimum atomic E-state index is -0.923.